The maximum absolute atomic E-state index is 10.2. The standard InChI is InChI=1S/C15H23NO/c1-15(2,3)14(17)9-11-7-5-6-8-12(11)13-10-16(13)4/h5-8,13-14,17H,9-10H2,1-4H3/t13-,14+,16?/m0/s1. The number of aliphatic hydroxyl groups excluding tert-OH is 1. The largest absolute Gasteiger partial charge is 0.392 e. The van der Waals surface area contributed by atoms with E-state index in [9.17, 15) is 5.11 Å². The Kier molecular flexibility index (Phi) is 3.28. The highest BCUT2D eigenvalue weighted by atomic mass is 16.3. The highest BCUT2D eigenvalue weighted by molar-refractivity contribution is 5.33. The Labute approximate surface area is 104 Å². The van der Waals surface area contributed by atoms with E-state index < -0.39 is 0 Å². The summed E-state index contributed by atoms with van der Waals surface area (Å²) >= 11 is 0. The number of aliphatic hydroxyl groups is 1. The van der Waals surface area contributed by atoms with Crippen molar-refractivity contribution in [1.82, 2.24) is 4.90 Å². The van der Waals surface area contributed by atoms with E-state index in [4.69, 9.17) is 0 Å². The van der Waals surface area contributed by atoms with Crippen LogP contribution in [0, 0.1) is 5.41 Å². The number of hydrogen-bond acceptors (Lipinski definition) is 2. The molecule has 0 radical (unpaired) electrons. The van der Waals surface area contributed by atoms with E-state index in [1.807, 2.05) is 0 Å². The summed E-state index contributed by atoms with van der Waals surface area (Å²) in [6.07, 6.45) is 0.469. The summed E-state index contributed by atoms with van der Waals surface area (Å²) in [5.74, 6) is 0. The summed E-state index contributed by atoms with van der Waals surface area (Å²) < 4.78 is 0. The van der Waals surface area contributed by atoms with Crippen LogP contribution in [-0.2, 0) is 6.42 Å². The predicted molar refractivity (Wildman–Crippen MR) is 71.0 cm³/mol. The molecular weight excluding hydrogens is 210 g/mol. The Morgan fingerprint density at radius 1 is 1.35 bits per heavy atom. The van der Waals surface area contributed by atoms with Gasteiger partial charge in [0.25, 0.3) is 0 Å². The van der Waals surface area contributed by atoms with Crippen LogP contribution >= 0.6 is 0 Å². The second-order valence-corrected chi connectivity index (χ2v) is 6.24. The zero-order valence-electron chi connectivity index (χ0n) is 11.3. The van der Waals surface area contributed by atoms with Crippen molar-refractivity contribution in [2.75, 3.05) is 13.6 Å². The molecule has 1 fully saturated rings. The van der Waals surface area contributed by atoms with Gasteiger partial charge >= 0.3 is 0 Å². The topological polar surface area (TPSA) is 23.2 Å². The fourth-order valence-electron chi connectivity index (χ4n) is 2.12. The first kappa shape index (κ1) is 12.6. The zero-order chi connectivity index (χ0) is 12.6. The van der Waals surface area contributed by atoms with Gasteiger partial charge in [-0.3, -0.25) is 4.90 Å². The van der Waals surface area contributed by atoms with E-state index in [2.05, 4.69) is 57.0 Å². The number of rotatable bonds is 3. The Balaban J connectivity index is 2.16. The van der Waals surface area contributed by atoms with Crippen molar-refractivity contribution in [3.05, 3.63) is 35.4 Å². The van der Waals surface area contributed by atoms with E-state index in [0.717, 1.165) is 13.0 Å². The Hall–Kier alpha value is -0.860. The van der Waals surface area contributed by atoms with Crippen LogP contribution in [0.15, 0.2) is 24.3 Å². The molecule has 0 bridgehead atoms. The lowest BCUT2D eigenvalue weighted by molar-refractivity contribution is 0.0634. The predicted octanol–water partition coefficient (Wildman–Crippen LogP) is 2.62. The third-order valence-corrected chi connectivity index (χ3v) is 3.69. The number of hydrogen-bond donors (Lipinski definition) is 1. The van der Waals surface area contributed by atoms with Gasteiger partial charge in [-0.2, -0.15) is 0 Å². The lowest BCUT2D eigenvalue weighted by Gasteiger charge is -2.26. The van der Waals surface area contributed by atoms with Crippen LogP contribution in [0.5, 0.6) is 0 Å². The molecule has 1 aromatic carbocycles. The molecule has 2 nitrogen and oxygen atoms in total. The van der Waals surface area contributed by atoms with Crippen LogP contribution in [0.3, 0.4) is 0 Å². The third-order valence-electron chi connectivity index (χ3n) is 3.69. The van der Waals surface area contributed by atoms with Crippen molar-refractivity contribution < 1.29 is 5.11 Å². The molecule has 2 rings (SSSR count). The molecule has 0 aliphatic carbocycles. The third kappa shape index (κ3) is 2.88. The van der Waals surface area contributed by atoms with Crippen LogP contribution in [0.4, 0.5) is 0 Å². The first-order valence-corrected chi connectivity index (χ1v) is 6.35. The smallest absolute Gasteiger partial charge is 0.0628 e. The van der Waals surface area contributed by atoms with Crippen molar-refractivity contribution in [3.8, 4) is 0 Å². The van der Waals surface area contributed by atoms with Crippen LogP contribution in [0.25, 0.3) is 0 Å². The summed E-state index contributed by atoms with van der Waals surface area (Å²) in [5, 5.41) is 10.2. The number of nitrogens with zero attached hydrogens (tertiary/aromatic N) is 1. The second kappa shape index (κ2) is 4.43. The molecule has 17 heavy (non-hydrogen) atoms. The van der Waals surface area contributed by atoms with E-state index in [1.54, 1.807) is 0 Å². The van der Waals surface area contributed by atoms with Gasteiger partial charge in [0, 0.05) is 12.6 Å². The molecule has 0 saturated carbocycles. The van der Waals surface area contributed by atoms with Gasteiger partial charge in [0.15, 0.2) is 0 Å². The van der Waals surface area contributed by atoms with Crippen molar-refractivity contribution in [2.45, 2.75) is 39.3 Å². The summed E-state index contributed by atoms with van der Waals surface area (Å²) in [6, 6.07) is 9.07. The van der Waals surface area contributed by atoms with Gasteiger partial charge < -0.3 is 5.11 Å². The van der Waals surface area contributed by atoms with E-state index in [0.29, 0.717) is 6.04 Å². The molecule has 1 heterocycles. The summed E-state index contributed by atoms with van der Waals surface area (Å²) in [6.45, 7) is 7.40. The first-order chi connectivity index (χ1) is 7.89. The molecule has 0 amide bonds. The van der Waals surface area contributed by atoms with E-state index >= 15 is 0 Å². The van der Waals surface area contributed by atoms with Crippen molar-refractivity contribution in [1.29, 1.82) is 0 Å². The number of likely N-dealkylation sites (N-methyl/N-ethyl adjacent to an activating group) is 1. The molecule has 1 N–H and O–H groups in total. The average molecular weight is 233 g/mol. The lowest BCUT2D eigenvalue weighted by atomic mass is 9.84. The molecule has 1 aliphatic heterocycles. The minimum Gasteiger partial charge on any atom is -0.392 e. The van der Waals surface area contributed by atoms with Crippen LogP contribution in [0.2, 0.25) is 0 Å². The molecule has 1 saturated heterocycles. The van der Waals surface area contributed by atoms with E-state index in [1.165, 1.54) is 11.1 Å². The lowest BCUT2D eigenvalue weighted by Crippen LogP contribution is -2.28. The Morgan fingerprint density at radius 2 is 1.94 bits per heavy atom. The zero-order valence-corrected chi connectivity index (χ0v) is 11.3. The van der Waals surface area contributed by atoms with Gasteiger partial charge in [0.2, 0.25) is 0 Å². The van der Waals surface area contributed by atoms with Crippen LogP contribution in [-0.4, -0.2) is 29.7 Å². The Morgan fingerprint density at radius 3 is 2.47 bits per heavy atom. The average Bonchev–Trinajstić information content (AvgIpc) is 2.95. The van der Waals surface area contributed by atoms with Crippen LogP contribution < -0.4 is 0 Å². The minimum absolute atomic E-state index is 0.0530. The molecule has 3 atom stereocenters. The van der Waals surface area contributed by atoms with Gasteiger partial charge in [-0.1, -0.05) is 45.0 Å². The molecular formula is C15H23NO. The van der Waals surface area contributed by atoms with Crippen LogP contribution in [0.1, 0.15) is 37.9 Å². The molecule has 0 aromatic heterocycles. The van der Waals surface area contributed by atoms with Gasteiger partial charge in [-0.05, 0) is 30.0 Å². The molecule has 1 aromatic rings. The fourth-order valence-corrected chi connectivity index (χ4v) is 2.12. The fraction of sp³-hybridized carbons (Fsp3) is 0.600. The van der Waals surface area contributed by atoms with Crippen molar-refractivity contribution >= 4 is 0 Å². The van der Waals surface area contributed by atoms with Gasteiger partial charge in [-0.25, -0.2) is 0 Å². The molecule has 0 spiro atoms. The molecule has 2 heteroatoms. The minimum atomic E-state index is -0.285. The summed E-state index contributed by atoms with van der Waals surface area (Å²) in [5.41, 5.74) is 2.63. The summed E-state index contributed by atoms with van der Waals surface area (Å²) in [7, 11) is 2.14. The Bertz CT molecular complexity index is 394. The molecule has 1 unspecified atom stereocenters. The normalized spacial score (nSPS) is 25.7. The van der Waals surface area contributed by atoms with Gasteiger partial charge in [0.1, 0.15) is 0 Å². The highest BCUT2D eigenvalue weighted by Crippen LogP contribution is 2.35. The monoisotopic (exact) mass is 233 g/mol. The quantitative estimate of drug-likeness (QED) is 0.811. The van der Waals surface area contributed by atoms with Crippen molar-refractivity contribution in [2.24, 2.45) is 5.41 Å². The maximum Gasteiger partial charge on any atom is 0.0628 e. The maximum atomic E-state index is 10.2. The molecule has 94 valence electrons. The van der Waals surface area contributed by atoms with Gasteiger partial charge in [0.05, 0.1) is 6.10 Å². The second-order valence-electron chi connectivity index (χ2n) is 6.24. The van der Waals surface area contributed by atoms with Crippen molar-refractivity contribution in [3.63, 3.8) is 0 Å². The number of benzene rings is 1. The first-order valence-electron chi connectivity index (χ1n) is 6.35. The SMILES string of the molecule is CN1C[C@H]1c1ccccc1C[C@@H](O)C(C)(C)C. The molecule has 1 aliphatic rings. The van der Waals surface area contributed by atoms with Gasteiger partial charge in [-0.15, -0.1) is 0 Å². The van der Waals surface area contributed by atoms with E-state index in [-0.39, 0.29) is 11.5 Å². The highest BCUT2D eigenvalue weighted by Gasteiger charge is 2.33. The summed E-state index contributed by atoms with van der Waals surface area (Å²) in [4.78, 5) is 2.32.